The molecule has 1 atom stereocenters. The molecule has 124 valence electrons. The summed E-state index contributed by atoms with van der Waals surface area (Å²) in [6.45, 7) is 6.25. The quantitative estimate of drug-likeness (QED) is 0.785. The lowest BCUT2D eigenvalue weighted by molar-refractivity contribution is 0.0970. The summed E-state index contributed by atoms with van der Waals surface area (Å²) in [5.74, 6) is -0.218. The van der Waals surface area contributed by atoms with Crippen LogP contribution in [0.15, 0.2) is 48.5 Å². The Morgan fingerprint density at radius 2 is 1.48 bits per heavy atom. The number of benzene rings is 2. The van der Waals surface area contributed by atoms with E-state index in [4.69, 9.17) is 0 Å². The lowest BCUT2D eigenvalue weighted by Gasteiger charge is -2.25. The highest BCUT2D eigenvalue weighted by atomic mass is 19.1. The van der Waals surface area contributed by atoms with Crippen molar-refractivity contribution in [2.24, 2.45) is 0 Å². The first-order valence-electron chi connectivity index (χ1n) is 8.27. The number of hydrogen-bond acceptors (Lipinski definition) is 2. The summed E-state index contributed by atoms with van der Waals surface area (Å²) in [5.41, 5.74) is 3.52. The fourth-order valence-corrected chi connectivity index (χ4v) is 2.71. The first-order valence-corrected chi connectivity index (χ1v) is 8.27. The maximum Gasteiger partial charge on any atom is 0.123 e. The summed E-state index contributed by atoms with van der Waals surface area (Å²) in [6.07, 6.45) is 1.44. The van der Waals surface area contributed by atoms with Gasteiger partial charge in [-0.05, 0) is 36.6 Å². The van der Waals surface area contributed by atoms with Crippen LogP contribution in [-0.2, 0) is 13.1 Å². The van der Waals surface area contributed by atoms with Crippen molar-refractivity contribution in [3.8, 4) is 0 Å². The minimum absolute atomic E-state index is 0.218. The van der Waals surface area contributed by atoms with Gasteiger partial charge in [-0.25, -0.2) is 4.39 Å². The summed E-state index contributed by atoms with van der Waals surface area (Å²) in [6, 6.07) is 15.1. The van der Waals surface area contributed by atoms with E-state index in [0.29, 0.717) is 13.1 Å². The molecule has 0 amide bonds. The van der Waals surface area contributed by atoms with Crippen molar-refractivity contribution < 1.29 is 9.50 Å². The van der Waals surface area contributed by atoms with Crippen LogP contribution in [0.2, 0.25) is 0 Å². The van der Waals surface area contributed by atoms with Crippen molar-refractivity contribution in [2.45, 2.75) is 45.9 Å². The van der Waals surface area contributed by atoms with Gasteiger partial charge in [-0.2, -0.15) is 0 Å². The Labute approximate surface area is 138 Å². The van der Waals surface area contributed by atoms with Crippen LogP contribution in [-0.4, -0.2) is 22.7 Å². The average Bonchev–Trinajstić information content (AvgIpc) is 2.52. The molecule has 0 aliphatic heterocycles. The molecule has 2 nitrogen and oxygen atoms in total. The van der Waals surface area contributed by atoms with E-state index >= 15 is 0 Å². The molecular formula is C20H26FNO. The van der Waals surface area contributed by atoms with Gasteiger partial charge in [0.05, 0.1) is 6.10 Å². The van der Waals surface area contributed by atoms with Crippen LogP contribution in [0.3, 0.4) is 0 Å². The Hall–Kier alpha value is -1.71. The number of nitrogens with zero attached hydrogens (tertiary/aromatic N) is 1. The molecule has 0 bridgehead atoms. The third-order valence-corrected chi connectivity index (χ3v) is 3.94. The fraction of sp³-hybridized carbons (Fsp3) is 0.400. The summed E-state index contributed by atoms with van der Waals surface area (Å²) >= 11 is 0. The zero-order valence-electron chi connectivity index (χ0n) is 14.0. The minimum atomic E-state index is -0.328. The molecule has 0 aliphatic carbocycles. The Balaban J connectivity index is 2.06. The normalized spacial score (nSPS) is 12.6. The van der Waals surface area contributed by atoms with Crippen LogP contribution < -0.4 is 0 Å². The largest absolute Gasteiger partial charge is 0.392 e. The molecule has 3 heteroatoms. The van der Waals surface area contributed by atoms with Crippen molar-refractivity contribution in [1.82, 2.24) is 4.90 Å². The van der Waals surface area contributed by atoms with Crippen molar-refractivity contribution in [3.05, 3.63) is 71.0 Å². The first kappa shape index (κ1) is 17.6. The first-order chi connectivity index (χ1) is 11.1. The second-order valence-corrected chi connectivity index (χ2v) is 6.22. The topological polar surface area (TPSA) is 23.5 Å². The second kappa shape index (κ2) is 8.80. The van der Waals surface area contributed by atoms with Crippen LogP contribution in [0, 0.1) is 12.7 Å². The molecule has 0 heterocycles. The van der Waals surface area contributed by atoms with Gasteiger partial charge in [0.1, 0.15) is 5.82 Å². The van der Waals surface area contributed by atoms with E-state index in [2.05, 4.69) is 43.0 Å². The number of hydrogen-bond donors (Lipinski definition) is 1. The van der Waals surface area contributed by atoms with Gasteiger partial charge < -0.3 is 5.11 Å². The van der Waals surface area contributed by atoms with Gasteiger partial charge in [-0.1, -0.05) is 55.3 Å². The molecule has 0 unspecified atom stereocenters. The van der Waals surface area contributed by atoms with Gasteiger partial charge in [0, 0.05) is 19.6 Å². The van der Waals surface area contributed by atoms with Crippen LogP contribution in [0.25, 0.3) is 0 Å². The molecule has 2 aromatic carbocycles. The third kappa shape index (κ3) is 6.12. The molecule has 0 saturated heterocycles. The highest BCUT2D eigenvalue weighted by Gasteiger charge is 2.12. The standard InChI is InChI=1S/C20H26FNO/c1-3-4-20(23)15-22(13-17-7-5-16(2)6-8-17)14-18-9-11-19(21)12-10-18/h5-12,20,23H,3-4,13-15H2,1-2H3/t20-/m0/s1. The fourth-order valence-electron chi connectivity index (χ4n) is 2.71. The minimum Gasteiger partial charge on any atom is -0.392 e. The maximum absolute atomic E-state index is 13.1. The lowest BCUT2D eigenvalue weighted by Crippen LogP contribution is -2.31. The Morgan fingerprint density at radius 1 is 0.957 bits per heavy atom. The molecule has 0 aliphatic rings. The van der Waals surface area contributed by atoms with E-state index in [0.717, 1.165) is 24.9 Å². The average molecular weight is 315 g/mol. The zero-order valence-corrected chi connectivity index (χ0v) is 14.0. The van der Waals surface area contributed by atoms with Gasteiger partial charge in [0.15, 0.2) is 0 Å². The van der Waals surface area contributed by atoms with Gasteiger partial charge >= 0.3 is 0 Å². The third-order valence-electron chi connectivity index (χ3n) is 3.94. The molecule has 2 rings (SSSR count). The number of aliphatic hydroxyl groups excluding tert-OH is 1. The number of aryl methyl sites for hydroxylation is 1. The van der Waals surface area contributed by atoms with Gasteiger partial charge in [0.2, 0.25) is 0 Å². The smallest absolute Gasteiger partial charge is 0.123 e. The molecule has 0 radical (unpaired) electrons. The Kier molecular flexibility index (Phi) is 6.75. The molecule has 0 spiro atoms. The molecule has 0 aromatic heterocycles. The van der Waals surface area contributed by atoms with E-state index in [9.17, 15) is 9.50 Å². The molecular weight excluding hydrogens is 289 g/mol. The van der Waals surface area contributed by atoms with Crippen LogP contribution >= 0.6 is 0 Å². The molecule has 23 heavy (non-hydrogen) atoms. The van der Waals surface area contributed by atoms with Crippen molar-refractivity contribution >= 4 is 0 Å². The Bertz CT molecular complexity index is 532. The monoisotopic (exact) mass is 315 g/mol. The van der Waals surface area contributed by atoms with Gasteiger partial charge in [-0.15, -0.1) is 0 Å². The summed E-state index contributed by atoms with van der Waals surface area (Å²) in [4.78, 5) is 2.22. The highest BCUT2D eigenvalue weighted by molar-refractivity contribution is 5.22. The highest BCUT2D eigenvalue weighted by Crippen LogP contribution is 2.13. The van der Waals surface area contributed by atoms with Crippen LogP contribution in [0.1, 0.15) is 36.5 Å². The predicted molar refractivity (Wildman–Crippen MR) is 92.6 cm³/mol. The number of halogens is 1. The van der Waals surface area contributed by atoms with Gasteiger partial charge in [0.25, 0.3) is 0 Å². The van der Waals surface area contributed by atoms with E-state index in [-0.39, 0.29) is 11.9 Å². The maximum atomic E-state index is 13.1. The summed E-state index contributed by atoms with van der Waals surface area (Å²) < 4.78 is 13.1. The van der Waals surface area contributed by atoms with Crippen molar-refractivity contribution in [3.63, 3.8) is 0 Å². The molecule has 2 aromatic rings. The molecule has 0 saturated carbocycles. The number of rotatable bonds is 8. The van der Waals surface area contributed by atoms with E-state index in [1.165, 1.54) is 23.3 Å². The lowest BCUT2D eigenvalue weighted by atomic mass is 10.1. The van der Waals surface area contributed by atoms with Crippen LogP contribution in [0.4, 0.5) is 4.39 Å². The number of aliphatic hydroxyl groups is 1. The van der Waals surface area contributed by atoms with Gasteiger partial charge in [-0.3, -0.25) is 4.90 Å². The predicted octanol–water partition coefficient (Wildman–Crippen LogP) is 4.30. The molecule has 0 fully saturated rings. The summed E-state index contributed by atoms with van der Waals surface area (Å²) in [7, 11) is 0. The summed E-state index contributed by atoms with van der Waals surface area (Å²) in [5, 5.41) is 10.2. The van der Waals surface area contributed by atoms with Crippen molar-refractivity contribution in [1.29, 1.82) is 0 Å². The van der Waals surface area contributed by atoms with E-state index in [1.807, 2.05) is 12.1 Å². The van der Waals surface area contributed by atoms with E-state index < -0.39 is 0 Å². The SMILES string of the molecule is CCC[C@H](O)CN(Cc1ccc(C)cc1)Cc1ccc(F)cc1. The molecule has 1 N–H and O–H groups in total. The van der Waals surface area contributed by atoms with E-state index in [1.54, 1.807) is 0 Å². The van der Waals surface area contributed by atoms with Crippen molar-refractivity contribution in [2.75, 3.05) is 6.54 Å². The van der Waals surface area contributed by atoms with Crippen LogP contribution in [0.5, 0.6) is 0 Å². The Morgan fingerprint density at radius 3 is 2.00 bits per heavy atom. The second-order valence-electron chi connectivity index (χ2n) is 6.22. The zero-order chi connectivity index (χ0) is 16.7.